The van der Waals surface area contributed by atoms with Crippen LogP contribution in [0, 0.1) is 0 Å². The lowest BCUT2D eigenvalue weighted by Gasteiger charge is -2.14. The van der Waals surface area contributed by atoms with Crippen LogP contribution in [0.1, 0.15) is 15.9 Å². The van der Waals surface area contributed by atoms with Gasteiger partial charge in [-0.2, -0.15) is 13.2 Å². The summed E-state index contributed by atoms with van der Waals surface area (Å²) in [5.41, 5.74) is -4.37. The minimum atomic E-state index is -5.60. The molecular formula is C21H16F3NO4S. The lowest BCUT2D eigenvalue weighted by molar-refractivity contribution is -0.0437. The summed E-state index contributed by atoms with van der Waals surface area (Å²) in [6, 6.07) is 19.4. The number of alkyl halides is 3. The standard InChI is InChI=1S/C21H16F3NO4S/c22-21(23,24)30(27,28)19-12-5-4-11-18(19)29-17-10-6-9-16(13-17)20(26)25-14-15-7-2-1-3-8-15/h1-13H,14H2,(H,25,26). The van der Waals surface area contributed by atoms with Crippen LogP contribution in [0.25, 0.3) is 0 Å². The largest absolute Gasteiger partial charge is 0.502 e. The second-order valence-electron chi connectivity index (χ2n) is 6.19. The van der Waals surface area contributed by atoms with Crippen LogP contribution in [-0.4, -0.2) is 19.8 Å². The minimum absolute atomic E-state index is 0.0205. The molecule has 1 N–H and O–H groups in total. The van der Waals surface area contributed by atoms with Crippen molar-refractivity contribution in [3.8, 4) is 11.5 Å². The number of ether oxygens (including phenoxy) is 1. The molecule has 30 heavy (non-hydrogen) atoms. The van der Waals surface area contributed by atoms with Crippen molar-refractivity contribution in [1.29, 1.82) is 0 Å². The molecule has 0 radical (unpaired) electrons. The molecule has 5 nitrogen and oxygen atoms in total. The average molecular weight is 435 g/mol. The number of hydrogen-bond donors (Lipinski definition) is 1. The first-order valence-electron chi connectivity index (χ1n) is 8.69. The molecule has 0 aliphatic rings. The molecule has 0 unspecified atom stereocenters. The van der Waals surface area contributed by atoms with Crippen LogP contribution in [0.5, 0.6) is 11.5 Å². The Bertz CT molecular complexity index is 1150. The highest BCUT2D eigenvalue weighted by atomic mass is 32.2. The van der Waals surface area contributed by atoms with E-state index in [1.54, 1.807) is 0 Å². The summed E-state index contributed by atoms with van der Waals surface area (Å²) in [4.78, 5) is 11.4. The van der Waals surface area contributed by atoms with Crippen LogP contribution < -0.4 is 10.1 Å². The van der Waals surface area contributed by atoms with Gasteiger partial charge in [0, 0.05) is 12.1 Å². The number of amides is 1. The van der Waals surface area contributed by atoms with Crippen molar-refractivity contribution in [2.24, 2.45) is 0 Å². The number of carbonyl (C=O) groups excluding carboxylic acids is 1. The van der Waals surface area contributed by atoms with Gasteiger partial charge in [0.2, 0.25) is 0 Å². The molecule has 0 saturated carbocycles. The molecule has 3 aromatic carbocycles. The smallest absolute Gasteiger partial charge is 0.456 e. The Hall–Kier alpha value is -3.33. The second kappa shape index (κ2) is 8.58. The van der Waals surface area contributed by atoms with Gasteiger partial charge in [0.05, 0.1) is 0 Å². The molecule has 0 aliphatic heterocycles. The lowest BCUT2D eigenvalue weighted by atomic mass is 10.2. The fraction of sp³-hybridized carbons (Fsp3) is 0.0952. The molecule has 0 saturated heterocycles. The Balaban J connectivity index is 1.80. The lowest BCUT2D eigenvalue weighted by Crippen LogP contribution is -2.23. The third-order valence-electron chi connectivity index (χ3n) is 4.06. The highest BCUT2D eigenvalue weighted by molar-refractivity contribution is 7.92. The summed E-state index contributed by atoms with van der Waals surface area (Å²) in [7, 11) is -5.60. The first-order chi connectivity index (χ1) is 14.2. The van der Waals surface area contributed by atoms with E-state index in [4.69, 9.17) is 4.74 Å². The van der Waals surface area contributed by atoms with Crippen molar-refractivity contribution >= 4 is 15.7 Å². The van der Waals surface area contributed by atoms with Crippen molar-refractivity contribution in [2.75, 3.05) is 0 Å². The van der Waals surface area contributed by atoms with Crippen molar-refractivity contribution in [2.45, 2.75) is 16.9 Å². The van der Waals surface area contributed by atoms with Gasteiger partial charge in [0.15, 0.2) is 0 Å². The van der Waals surface area contributed by atoms with E-state index >= 15 is 0 Å². The van der Waals surface area contributed by atoms with Crippen LogP contribution in [0.15, 0.2) is 83.8 Å². The Morgan fingerprint density at radius 1 is 0.900 bits per heavy atom. The number of rotatable bonds is 6. The highest BCUT2D eigenvalue weighted by Crippen LogP contribution is 2.37. The summed E-state index contributed by atoms with van der Waals surface area (Å²) in [5.74, 6) is -0.885. The Labute approximate surface area is 171 Å². The number of carbonyl (C=O) groups is 1. The number of sulfone groups is 1. The van der Waals surface area contributed by atoms with Crippen molar-refractivity contribution < 1.29 is 31.1 Å². The Kier molecular flexibility index (Phi) is 6.12. The van der Waals surface area contributed by atoms with E-state index in [0.29, 0.717) is 0 Å². The molecule has 0 aliphatic carbocycles. The fourth-order valence-electron chi connectivity index (χ4n) is 2.59. The molecule has 0 heterocycles. The van der Waals surface area contributed by atoms with E-state index < -0.39 is 31.9 Å². The second-order valence-corrected chi connectivity index (χ2v) is 8.10. The van der Waals surface area contributed by atoms with E-state index in [1.807, 2.05) is 30.3 Å². The monoisotopic (exact) mass is 435 g/mol. The van der Waals surface area contributed by atoms with Crippen molar-refractivity contribution in [3.63, 3.8) is 0 Å². The van der Waals surface area contributed by atoms with E-state index in [0.717, 1.165) is 17.7 Å². The third kappa shape index (κ3) is 4.80. The predicted octanol–water partition coefficient (Wildman–Crippen LogP) is 4.70. The van der Waals surface area contributed by atoms with Crippen LogP contribution in [0.3, 0.4) is 0 Å². The number of halogens is 3. The summed E-state index contributed by atoms with van der Waals surface area (Å²) in [5, 5.41) is 2.72. The molecular weight excluding hydrogens is 419 g/mol. The average Bonchev–Trinajstić information content (AvgIpc) is 2.72. The topological polar surface area (TPSA) is 72.5 Å². The van der Waals surface area contributed by atoms with E-state index in [9.17, 15) is 26.4 Å². The van der Waals surface area contributed by atoms with Crippen LogP contribution in [0.2, 0.25) is 0 Å². The molecule has 0 atom stereocenters. The van der Waals surface area contributed by atoms with Gasteiger partial charge in [0.1, 0.15) is 16.4 Å². The van der Waals surface area contributed by atoms with Gasteiger partial charge in [-0.05, 0) is 35.9 Å². The summed E-state index contributed by atoms with van der Waals surface area (Å²) < 4.78 is 67.8. The molecule has 0 aromatic heterocycles. The molecule has 156 valence electrons. The summed E-state index contributed by atoms with van der Waals surface area (Å²) >= 11 is 0. The van der Waals surface area contributed by atoms with Gasteiger partial charge >= 0.3 is 5.51 Å². The maximum absolute atomic E-state index is 12.9. The maximum Gasteiger partial charge on any atom is 0.502 e. The molecule has 3 aromatic rings. The Morgan fingerprint density at radius 2 is 1.57 bits per heavy atom. The van der Waals surface area contributed by atoms with Gasteiger partial charge < -0.3 is 10.1 Å². The zero-order chi connectivity index (χ0) is 21.8. The van der Waals surface area contributed by atoms with Crippen LogP contribution in [0.4, 0.5) is 13.2 Å². The highest BCUT2D eigenvalue weighted by Gasteiger charge is 2.48. The molecule has 0 spiro atoms. The third-order valence-corrected chi connectivity index (χ3v) is 5.59. The quantitative estimate of drug-likeness (QED) is 0.609. The van der Waals surface area contributed by atoms with Gasteiger partial charge in [-0.15, -0.1) is 0 Å². The molecule has 0 bridgehead atoms. The minimum Gasteiger partial charge on any atom is -0.456 e. The normalized spacial score (nSPS) is 11.7. The van der Waals surface area contributed by atoms with Gasteiger partial charge in [-0.25, -0.2) is 8.42 Å². The molecule has 0 fully saturated rings. The number of nitrogens with one attached hydrogen (secondary N) is 1. The van der Waals surface area contributed by atoms with Crippen LogP contribution in [-0.2, 0) is 16.4 Å². The SMILES string of the molecule is O=C(NCc1ccccc1)c1cccc(Oc2ccccc2S(=O)(=O)C(F)(F)F)c1. The van der Waals surface area contributed by atoms with Gasteiger partial charge in [-0.3, -0.25) is 4.79 Å². The zero-order valence-corrected chi connectivity index (χ0v) is 16.2. The molecule has 1 amide bonds. The van der Waals surface area contributed by atoms with E-state index in [1.165, 1.54) is 36.4 Å². The van der Waals surface area contributed by atoms with Crippen LogP contribution >= 0.6 is 0 Å². The van der Waals surface area contributed by atoms with E-state index in [-0.39, 0.29) is 17.9 Å². The fourth-order valence-corrected chi connectivity index (χ4v) is 3.47. The summed E-state index contributed by atoms with van der Waals surface area (Å²) in [6.07, 6.45) is 0. The Morgan fingerprint density at radius 3 is 2.27 bits per heavy atom. The first-order valence-corrected chi connectivity index (χ1v) is 10.2. The number of para-hydroxylation sites is 1. The maximum atomic E-state index is 12.9. The van der Waals surface area contributed by atoms with E-state index in [2.05, 4.69) is 5.32 Å². The molecule has 3 rings (SSSR count). The van der Waals surface area contributed by atoms with Gasteiger partial charge in [0.25, 0.3) is 15.7 Å². The number of benzene rings is 3. The summed E-state index contributed by atoms with van der Waals surface area (Å²) in [6.45, 7) is 0.289. The van der Waals surface area contributed by atoms with Crippen molar-refractivity contribution in [3.05, 3.63) is 90.0 Å². The van der Waals surface area contributed by atoms with Crippen molar-refractivity contribution in [1.82, 2.24) is 5.32 Å². The number of hydrogen-bond acceptors (Lipinski definition) is 4. The zero-order valence-electron chi connectivity index (χ0n) is 15.4. The predicted molar refractivity (Wildman–Crippen MR) is 104 cm³/mol. The molecule has 9 heteroatoms. The first kappa shape index (κ1) is 21.4. The van der Waals surface area contributed by atoms with Gasteiger partial charge in [-0.1, -0.05) is 48.5 Å².